The standard InChI is InChI=1S/2C15H19.C2H6Si.Zr/c2*1-10-8-12-11(2)6-7-14(13(12)9-10)15(3,4)5;1-3-2;/h2*6-9H,1-5H3;1-2H3;/q2*-1;;+2. The fourth-order valence-corrected chi connectivity index (χ4v) is 4.49. The van der Waals surface area contributed by atoms with Crippen LogP contribution in [0.25, 0.3) is 21.5 Å². The van der Waals surface area contributed by atoms with Crippen LogP contribution < -0.4 is 0 Å². The van der Waals surface area contributed by atoms with Gasteiger partial charge in [0.25, 0.3) is 0 Å². The summed E-state index contributed by atoms with van der Waals surface area (Å²) in [7, 11) is 0. The Balaban J connectivity index is 0.000000208. The molecule has 0 heterocycles. The smallest absolute Gasteiger partial charge is 0.0220 e. The first-order valence-electron chi connectivity index (χ1n) is 12.4. The van der Waals surface area contributed by atoms with Crippen LogP contribution in [0.3, 0.4) is 0 Å². The molecule has 0 radical (unpaired) electrons. The zero-order chi connectivity index (χ0) is 26.0. The zero-order valence-electron chi connectivity index (χ0n) is 23.6. The molecule has 4 aromatic rings. The van der Waals surface area contributed by atoms with Crippen LogP contribution in [0.1, 0.15) is 74.9 Å². The number of fused-ring (bicyclic) bond motifs is 2. The van der Waals surface area contributed by atoms with Crippen LogP contribution >= 0.6 is 0 Å². The third-order valence-electron chi connectivity index (χ3n) is 6.11. The third-order valence-corrected chi connectivity index (χ3v) is 6.11. The van der Waals surface area contributed by atoms with Gasteiger partial charge in [0.05, 0.1) is 0 Å². The van der Waals surface area contributed by atoms with Gasteiger partial charge in [-0.3, -0.25) is 0 Å². The van der Waals surface area contributed by atoms with Crippen molar-refractivity contribution in [2.24, 2.45) is 0 Å². The van der Waals surface area contributed by atoms with Crippen LogP contribution in [0.5, 0.6) is 0 Å². The molecule has 4 aromatic carbocycles. The Bertz CT molecular complexity index is 1180. The van der Waals surface area contributed by atoms with E-state index in [-0.39, 0.29) is 16.3 Å². The Kier molecular flexibility index (Phi) is 9.57. The second kappa shape index (κ2) is 11.2. The van der Waals surface area contributed by atoms with E-state index < -0.39 is 0 Å². The van der Waals surface area contributed by atoms with Crippen molar-refractivity contribution in [1.82, 2.24) is 0 Å². The van der Waals surface area contributed by atoms with Gasteiger partial charge >= 0.3 is 41.9 Å². The third kappa shape index (κ3) is 7.38. The Hall–Kier alpha value is -1.24. The monoisotopic (exact) mass is 546 g/mol. The Morgan fingerprint density at radius 3 is 1.18 bits per heavy atom. The predicted molar refractivity (Wildman–Crippen MR) is 153 cm³/mol. The van der Waals surface area contributed by atoms with Gasteiger partial charge in [-0.2, -0.15) is 12.1 Å². The van der Waals surface area contributed by atoms with Crippen LogP contribution in [0.15, 0.2) is 48.5 Å². The number of hydrogen-bond donors (Lipinski definition) is 0. The van der Waals surface area contributed by atoms with Gasteiger partial charge in [0, 0.05) is 0 Å². The van der Waals surface area contributed by atoms with E-state index in [4.69, 9.17) is 0 Å². The molecular formula is C32H44SiZr. The second-order valence-electron chi connectivity index (χ2n) is 12.1. The molecule has 0 spiro atoms. The van der Waals surface area contributed by atoms with Gasteiger partial charge in [-0.25, -0.2) is 0 Å². The molecule has 0 fully saturated rings. The molecule has 4 rings (SSSR count). The van der Waals surface area contributed by atoms with E-state index >= 15 is 0 Å². The molecule has 0 aliphatic rings. The summed E-state index contributed by atoms with van der Waals surface area (Å²) in [6, 6.07) is 18.2. The SMILES string of the molecule is C[Si](C)=[Zr+2].Cc1cc2c(C(C)(C)C)ccc(C)c2[cH-]1.Cc1cc2c(C(C)(C)C)ccc(C)c2[cH-]1. The summed E-state index contributed by atoms with van der Waals surface area (Å²) in [4.78, 5) is 0. The Morgan fingerprint density at radius 2 is 0.912 bits per heavy atom. The van der Waals surface area contributed by atoms with Crippen LogP contribution in [-0.4, -0.2) is 5.43 Å². The van der Waals surface area contributed by atoms with Gasteiger partial charge in [-0.15, -0.1) is 68.1 Å². The summed E-state index contributed by atoms with van der Waals surface area (Å²) in [6.45, 7) is 27.0. The molecule has 180 valence electrons. The van der Waals surface area contributed by atoms with E-state index in [1.54, 1.807) is 23.3 Å². The van der Waals surface area contributed by atoms with Gasteiger partial charge in [0.15, 0.2) is 0 Å². The molecule has 2 heteroatoms. The molecule has 0 aliphatic heterocycles. The van der Waals surface area contributed by atoms with Crippen LogP contribution in [0.2, 0.25) is 13.1 Å². The van der Waals surface area contributed by atoms with E-state index in [1.807, 2.05) is 0 Å². The van der Waals surface area contributed by atoms with E-state index in [0.717, 1.165) is 0 Å². The minimum absolute atomic E-state index is 0.210. The zero-order valence-corrected chi connectivity index (χ0v) is 27.1. The topological polar surface area (TPSA) is 0 Å². The largest absolute Gasteiger partial charge is 0.165 e. The van der Waals surface area contributed by atoms with E-state index in [0.29, 0.717) is 0 Å². The van der Waals surface area contributed by atoms with Gasteiger partial charge in [0.1, 0.15) is 0 Å². The first kappa shape index (κ1) is 29.0. The van der Waals surface area contributed by atoms with Crippen molar-refractivity contribution in [3.63, 3.8) is 0 Å². The summed E-state index contributed by atoms with van der Waals surface area (Å²) >= 11 is 1.74. The molecule has 0 atom stereocenters. The van der Waals surface area contributed by atoms with Gasteiger partial charge in [-0.05, 0) is 10.8 Å². The maximum Gasteiger partial charge on any atom is -0.0220 e. The van der Waals surface area contributed by atoms with E-state index in [1.165, 1.54) is 54.9 Å². The molecule has 0 amide bonds. The first-order valence-corrected chi connectivity index (χ1v) is 18.6. The predicted octanol–water partition coefficient (Wildman–Crippen LogP) is 9.73. The van der Waals surface area contributed by atoms with Crippen LogP contribution in [-0.2, 0) is 34.2 Å². The Labute approximate surface area is 224 Å². The minimum atomic E-state index is 0.210. The molecule has 0 aliphatic carbocycles. The van der Waals surface area contributed by atoms with Crippen molar-refractivity contribution in [3.05, 3.63) is 81.9 Å². The molecular weight excluding hydrogens is 504 g/mol. The number of hydrogen-bond acceptors (Lipinski definition) is 0. The first-order chi connectivity index (χ1) is 15.5. The molecule has 0 N–H and O–H groups in total. The molecule has 0 unspecified atom stereocenters. The van der Waals surface area contributed by atoms with Crippen LogP contribution in [0.4, 0.5) is 0 Å². The Morgan fingerprint density at radius 1 is 0.618 bits per heavy atom. The van der Waals surface area contributed by atoms with Gasteiger partial charge in [0.2, 0.25) is 0 Å². The van der Waals surface area contributed by atoms with Crippen molar-refractivity contribution < 1.29 is 23.3 Å². The minimum Gasteiger partial charge on any atom is -0.165 e. The maximum absolute atomic E-state index is 2.31. The fraction of sp³-hybridized carbons (Fsp3) is 0.438. The molecule has 0 bridgehead atoms. The molecule has 0 saturated heterocycles. The van der Waals surface area contributed by atoms with Crippen molar-refractivity contribution in [2.45, 2.75) is 93.2 Å². The number of aryl methyl sites for hydroxylation is 4. The average Bonchev–Trinajstić information content (AvgIpc) is 3.23. The summed E-state index contributed by atoms with van der Waals surface area (Å²) < 4.78 is 0. The number of rotatable bonds is 0. The quantitative estimate of drug-likeness (QED) is 0.152. The van der Waals surface area contributed by atoms with Gasteiger partial charge in [-0.1, -0.05) is 92.5 Å². The summed E-state index contributed by atoms with van der Waals surface area (Å²) in [5, 5.41) is 5.69. The van der Waals surface area contributed by atoms with Crippen LogP contribution in [0, 0.1) is 27.7 Å². The van der Waals surface area contributed by atoms with E-state index in [2.05, 4.69) is 131 Å². The molecule has 0 aromatic heterocycles. The fourth-order valence-electron chi connectivity index (χ4n) is 4.49. The molecule has 0 saturated carbocycles. The van der Waals surface area contributed by atoms with Gasteiger partial charge < -0.3 is 0 Å². The summed E-state index contributed by atoms with van der Waals surface area (Å²) in [5.41, 5.74) is 9.07. The molecule has 0 nitrogen and oxygen atoms in total. The van der Waals surface area contributed by atoms with Crippen molar-refractivity contribution in [3.8, 4) is 0 Å². The average molecular weight is 548 g/mol. The van der Waals surface area contributed by atoms with Crippen molar-refractivity contribution >= 4 is 27.0 Å². The number of benzene rings is 2. The normalized spacial score (nSPS) is 11.7. The van der Waals surface area contributed by atoms with E-state index in [9.17, 15) is 0 Å². The summed E-state index contributed by atoms with van der Waals surface area (Å²) in [5.74, 6) is 0. The van der Waals surface area contributed by atoms with Crippen molar-refractivity contribution in [1.29, 1.82) is 0 Å². The van der Waals surface area contributed by atoms with Crippen molar-refractivity contribution in [2.75, 3.05) is 0 Å². The maximum atomic E-state index is 2.31. The summed E-state index contributed by atoms with van der Waals surface area (Å²) in [6.07, 6.45) is 0. The second-order valence-corrected chi connectivity index (χ2v) is 21.5. The molecule has 34 heavy (non-hydrogen) atoms.